The normalized spacial score (nSPS) is 12.1. The van der Waals surface area contributed by atoms with Crippen molar-refractivity contribution in [1.82, 2.24) is 14.8 Å². The Labute approximate surface area is 160 Å². The van der Waals surface area contributed by atoms with Crippen LogP contribution in [0.25, 0.3) is 5.69 Å². The van der Waals surface area contributed by atoms with Crippen molar-refractivity contribution in [3.8, 4) is 5.69 Å². The largest absolute Gasteiger partial charge is 0.274 e. The molecular weight excluding hydrogens is 367 g/mol. The van der Waals surface area contributed by atoms with Gasteiger partial charge in [0.05, 0.1) is 0 Å². The topological polar surface area (TPSA) is 73.8 Å². The average Bonchev–Trinajstić information content (AvgIpc) is 2.97. The van der Waals surface area contributed by atoms with E-state index in [1.54, 1.807) is 12.1 Å². The summed E-state index contributed by atoms with van der Waals surface area (Å²) >= 11 is 1.25. The molecule has 8 heteroatoms. The molecule has 0 radical (unpaired) electrons. The number of thioether (sulfide) groups is 1. The van der Waals surface area contributed by atoms with Gasteiger partial charge in [-0.25, -0.2) is 4.39 Å². The van der Waals surface area contributed by atoms with Crippen LogP contribution < -0.4 is 0 Å². The second-order valence-corrected chi connectivity index (χ2v) is 7.48. The monoisotopic (exact) mass is 386 g/mol. The molecule has 1 heterocycles. The number of nitro groups is 1. The Kier molecular flexibility index (Phi) is 5.55. The predicted octanol–water partition coefficient (Wildman–Crippen LogP) is 4.44. The number of hydrogen-bond acceptors (Lipinski definition) is 5. The summed E-state index contributed by atoms with van der Waals surface area (Å²) in [6.45, 7) is 5.61. The van der Waals surface area contributed by atoms with Crippen molar-refractivity contribution >= 4 is 11.8 Å². The summed E-state index contributed by atoms with van der Waals surface area (Å²) in [5.74, 6) is 0.317. The summed E-state index contributed by atoms with van der Waals surface area (Å²) in [7, 11) is 0. The van der Waals surface area contributed by atoms with Crippen LogP contribution in [0.4, 0.5) is 4.39 Å². The van der Waals surface area contributed by atoms with Gasteiger partial charge in [0.2, 0.25) is 6.54 Å². The molecule has 3 aromatic rings. The Morgan fingerprint density at radius 1 is 1.11 bits per heavy atom. The Balaban J connectivity index is 1.98. The van der Waals surface area contributed by atoms with Gasteiger partial charge in [-0.2, -0.15) is 0 Å². The molecule has 0 fully saturated rings. The molecule has 140 valence electrons. The first-order chi connectivity index (χ1) is 12.8. The van der Waals surface area contributed by atoms with Gasteiger partial charge in [0, 0.05) is 10.6 Å². The highest BCUT2D eigenvalue weighted by atomic mass is 32.2. The molecule has 6 nitrogen and oxygen atoms in total. The molecule has 0 saturated heterocycles. The number of aryl methyl sites for hydroxylation is 3. The molecule has 1 atom stereocenters. The molecule has 0 spiro atoms. The van der Waals surface area contributed by atoms with E-state index in [1.807, 2.05) is 43.5 Å². The van der Waals surface area contributed by atoms with Gasteiger partial charge in [0.1, 0.15) is 16.9 Å². The summed E-state index contributed by atoms with van der Waals surface area (Å²) in [5, 5.41) is 19.6. The molecule has 0 saturated carbocycles. The minimum Gasteiger partial charge on any atom is -0.274 e. The van der Waals surface area contributed by atoms with E-state index in [2.05, 4.69) is 10.2 Å². The van der Waals surface area contributed by atoms with Crippen LogP contribution in [0.3, 0.4) is 0 Å². The van der Waals surface area contributed by atoms with Crippen molar-refractivity contribution < 1.29 is 9.31 Å². The van der Waals surface area contributed by atoms with Gasteiger partial charge >= 0.3 is 0 Å². The van der Waals surface area contributed by atoms with Crippen molar-refractivity contribution in [2.45, 2.75) is 31.2 Å². The number of rotatable bonds is 6. The van der Waals surface area contributed by atoms with Crippen molar-refractivity contribution in [2.75, 3.05) is 6.54 Å². The molecule has 27 heavy (non-hydrogen) atoms. The predicted molar refractivity (Wildman–Crippen MR) is 102 cm³/mol. The third-order valence-electron chi connectivity index (χ3n) is 4.35. The first-order valence-electron chi connectivity index (χ1n) is 8.38. The fraction of sp³-hybridized carbons (Fsp3) is 0.263. The number of benzene rings is 2. The molecule has 3 rings (SSSR count). The Morgan fingerprint density at radius 3 is 2.44 bits per heavy atom. The third-order valence-corrected chi connectivity index (χ3v) is 5.53. The summed E-state index contributed by atoms with van der Waals surface area (Å²) in [6.07, 6.45) is 0. The van der Waals surface area contributed by atoms with E-state index in [9.17, 15) is 14.5 Å². The highest BCUT2D eigenvalue weighted by molar-refractivity contribution is 7.99. The fourth-order valence-electron chi connectivity index (χ4n) is 2.73. The summed E-state index contributed by atoms with van der Waals surface area (Å²) in [4.78, 5) is 10.8. The minimum atomic E-state index is -0.505. The molecule has 0 unspecified atom stereocenters. The lowest BCUT2D eigenvalue weighted by molar-refractivity contribution is -0.479. The van der Waals surface area contributed by atoms with Gasteiger partial charge in [-0.3, -0.25) is 14.7 Å². The van der Waals surface area contributed by atoms with Crippen LogP contribution in [0, 0.1) is 36.7 Å². The zero-order chi connectivity index (χ0) is 19.6. The van der Waals surface area contributed by atoms with Crippen molar-refractivity contribution in [2.24, 2.45) is 0 Å². The molecule has 1 aromatic heterocycles. The molecule has 2 aromatic carbocycles. The Hall–Kier alpha value is -2.74. The zero-order valence-corrected chi connectivity index (χ0v) is 16.0. The lowest BCUT2D eigenvalue weighted by atomic mass is 10.1. The highest BCUT2D eigenvalue weighted by Crippen LogP contribution is 2.36. The van der Waals surface area contributed by atoms with Gasteiger partial charge < -0.3 is 0 Å². The van der Waals surface area contributed by atoms with E-state index in [0.717, 1.165) is 11.3 Å². The van der Waals surface area contributed by atoms with Gasteiger partial charge in [0.25, 0.3) is 0 Å². The number of nitrogens with zero attached hydrogens (tertiary/aromatic N) is 4. The lowest BCUT2D eigenvalue weighted by Crippen LogP contribution is -2.11. The minimum absolute atomic E-state index is 0.296. The van der Waals surface area contributed by atoms with Crippen LogP contribution in [-0.4, -0.2) is 26.2 Å². The fourth-order valence-corrected chi connectivity index (χ4v) is 3.91. The van der Waals surface area contributed by atoms with Crippen LogP contribution in [0.1, 0.15) is 27.8 Å². The molecule has 0 aliphatic carbocycles. The summed E-state index contributed by atoms with van der Waals surface area (Å²) in [5.41, 5.74) is 3.89. The zero-order valence-electron chi connectivity index (χ0n) is 15.2. The van der Waals surface area contributed by atoms with Crippen LogP contribution in [0.2, 0.25) is 0 Å². The SMILES string of the molecule is Cc1ccc(-n2c(C)nnc2S[C@@H](C[N+](=O)[O-])c2ccc(F)cc2)cc1C. The van der Waals surface area contributed by atoms with Crippen LogP contribution in [0.5, 0.6) is 0 Å². The van der Waals surface area contributed by atoms with Crippen molar-refractivity contribution in [3.05, 3.63) is 80.9 Å². The molecule has 0 bridgehead atoms. The standard InChI is InChI=1S/C19H19FN4O2S/c1-12-4-9-17(10-13(12)2)24-14(3)21-22-19(24)27-18(11-23(25)26)15-5-7-16(20)8-6-15/h4-10,18H,11H2,1-3H3/t18-/m0/s1. The van der Waals surface area contributed by atoms with Gasteiger partial charge in [0.15, 0.2) is 5.16 Å². The molecule has 0 aliphatic rings. The Bertz CT molecular complexity index is 972. The van der Waals surface area contributed by atoms with Gasteiger partial charge in [-0.15, -0.1) is 10.2 Å². The number of halogens is 1. The van der Waals surface area contributed by atoms with E-state index in [-0.39, 0.29) is 17.3 Å². The van der Waals surface area contributed by atoms with Gasteiger partial charge in [-0.05, 0) is 61.7 Å². The molecule has 0 N–H and O–H groups in total. The average molecular weight is 386 g/mol. The quantitative estimate of drug-likeness (QED) is 0.356. The van der Waals surface area contributed by atoms with E-state index in [4.69, 9.17) is 0 Å². The van der Waals surface area contributed by atoms with Crippen molar-refractivity contribution in [3.63, 3.8) is 0 Å². The maximum Gasteiger partial charge on any atom is 0.220 e. The number of hydrogen-bond donors (Lipinski definition) is 0. The smallest absolute Gasteiger partial charge is 0.220 e. The first kappa shape index (κ1) is 19.0. The van der Waals surface area contributed by atoms with E-state index >= 15 is 0 Å². The second-order valence-electron chi connectivity index (χ2n) is 6.31. The Morgan fingerprint density at radius 2 is 1.81 bits per heavy atom. The highest BCUT2D eigenvalue weighted by Gasteiger charge is 2.23. The van der Waals surface area contributed by atoms with E-state index in [0.29, 0.717) is 16.5 Å². The van der Waals surface area contributed by atoms with Crippen molar-refractivity contribution in [1.29, 1.82) is 0 Å². The van der Waals surface area contributed by atoms with E-state index < -0.39 is 5.25 Å². The van der Waals surface area contributed by atoms with E-state index in [1.165, 1.54) is 29.5 Å². The molecule has 0 aliphatic heterocycles. The summed E-state index contributed by atoms with van der Waals surface area (Å²) < 4.78 is 15.1. The third kappa shape index (κ3) is 4.33. The summed E-state index contributed by atoms with van der Waals surface area (Å²) in [6, 6.07) is 11.8. The molecule has 0 amide bonds. The van der Waals surface area contributed by atoms with Crippen LogP contribution >= 0.6 is 11.8 Å². The molecular formula is C19H19FN4O2S. The maximum atomic E-state index is 13.2. The number of aromatic nitrogens is 3. The lowest BCUT2D eigenvalue weighted by Gasteiger charge is -2.15. The first-order valence-corrected chi connectivity index (χ1v) is 9.26. The maximum absolute atomic E-state index is 13.2. The second kappa shape index (κ2) is 7.87. The van der Waals surface area contributed by atoms with Gasteiger partial charge in [-0.1, -0.05) is 30.0 Å². The van der Waals surface area contributed by atoms with Crippen LogP contribution in [-0.2, 0) is 0 Å². The van der Waals surface area contributed by atoms with Crippen LogP contribution in [0.15, 0.2) is 47.6 Å².